The number of nitrogens with one attached hydrogen (secondary N) is 1. The molecule has 2 aromatic carbocycles. The number of carbonyl (C=O) groups excluding carboxylic acids is 2. The van der Waals surface area contributed by atoms with Gasteiger partial charge in [-0.1, -0.05) is 52.3 Å². The summed E-state index contributed by atoms with van der Waals surface area (Å²) in [7, 11) is 0. The molecule has 0 aliphatic heterocycles. The van der Waals surface area contributed by atoms with Crippen molar-refractivity contribution >= 4 is 62.0 Å². The lowest BCUT2D eigenvalue weighted by Gasteiger charge is -2.14. The van der Waals surface area contributed by atoms with Crippen LogP contribution in [0.5, 0.6) is 0 Å². The van der Waals surface area contributed by atoms with Crippen LogP contribution in [-0.4, -0.2) is 16.0 Å². The van der Waals surface area contributed by atoms with E-state index in [2.05, 4.69) is 21.4 Å². The summed E-state index contributed by atoms with van der Waals surface area (Å²) in [6.45, 7) is 7.87. The lowest BCUT2D eigenvalue weighted by atomic mass is 10.1. The highest BCUT2D eigenvalue weighted by Gasteiger charge is 2.06. The number of carbonyl (C=O) groups is 2. The highest BCUT2D eigenvalue weighted by atomic mass is 79.9. The molecule has 0 bridgehead atoms. The maximum absolute atomic E-state index is 10.8. The first-order chi connectivity index (χ1) is 12.0. The van der Waals surface area contributed by atoms with Gasteiger partial charge in [0.05, 0.1) is 0 Å². The number of rotatable bonds is 2. The van der Waals surface area contributed by atoms with Gasteiger partial charge in [0, 0.05) is 21.1 Å². The van der Waals surface area contributed by atoms with Crippen LogP contribution in [-0.2, 0) is 0 Å². The average molecular weight is 499 g/mol. The largest absolute Gasteiger partial charge is 0.276 e. The normalized spacial score (nSPS) is 9.63. The van der Waals surface area contributed by atoms with E-state index in [-0.39, 0.29) is 17.9 Å². The molecule has 0 aromatic heterocycles. The minimum atomic E-state index is -0.413. The maximum atomic E-state index is 10.8. The fourth-order valence-electron chi connectivity index (χ4n) is 1.39. The van der Waals surface area contributed by atoms with Gasteiger partial charge in [0.25, 0.3) is 10.5 Å². The molecule has 0 atom stereocenters. The molecule has 0 unspecified atom stereocenters. The van der Waals surface area contributed by atoms with Gasteiger partial charge in [0.2, 0.25) is 0 Å². The Morgan fingerprint density at radius 1 is 0.963 bits per heavy atom. The van der Waals surface area contributed by atoms with E-state index < -0.39 is 10.5 Å². The summed E-state index contributed by atoms with van der Waals surface area (Å²) >= 11 is 13.8. The Morgan fingerprint density at radius 2 is 1.44 bits per heavy atom. The van der Waals surface area contributed by atoms with Crippen molar-refractivity contribution in [1.29, 1.82) is 0 Å². The predicted octanol–water partition coefficient (Wildman–Crippen LogP) is 5.87. The molecular weight excluding hydrogens is 474 g/mol. The van der Waals surface area contributed by atoms with Gasteiger partial charge in [-0.3, -0.25) is 20.9 Å². The molecule has 0 amide bonds. The summed E-state index contributed by atoms with van der Waals surface area (Å²) < 4.78 is 0.906. The van der Waals surface area contributed by atoms with E-state index in [4.69, 9.17) is 29.0 Å². The highest BCUT2D eigenvalue weighted by Crippen LogP contribution is 2.20. The third kappa shape index (κ3) is 13.0. The van der Waals surface area contributed by atoms with Crippen molar-refractivity contribution in [2.24, 2.45) is 5.84 Å². The first-order valence-electron chi connectivity index (χ1n) is 7.67. The lowest BCUT2D eigenvalue weighted by molar-refractivity contribution is 0.107. The molecule has 0 aliphatic rings. The molecule has 0 fully saturated rings. The molecule has 0 spiro atoms. The molecule has 4 nitrogen and oxygen atoms in total. The zero-order valence-corrected chi connectivity index (χ0v) is 19.5. The van der Waals surface area contributed by atoms with E-state index in [1.807, 2.05) is 39.8 Å². The number of halogens is 4. The Labute approximate surface area is 185 Å². The van der Waals surface area contributed by atoms with Gasteiger partial charge in [-0.25, -0.2) is 0 Å². The van der Waals surface area contributed by atoms with Crippen molar-refractivity contribution in [2.45, 2.75) is 33.2 Å². The molecule has 0 aliphatic carbocycles. The molecule has 150 valence electrons. The Bertz CT molecular complexity index is 721. The summed E-state index contributed by atoms with van der Waals surface area (Å²) in [4.78, 5) is 21.2. The van der Waals surface area contributed by atoms with E-state index in [0.29, 0.717) is 11.1 Å². The quantitative estimate of drug-likeness (QED) is 0.308. The third-order valence-electron chi connectivity index (χ3n) is 2.91. The Morgan fingerprint density at radius 3 is 1.74 bits per heavy atom. The van der Waals surface area contributed by atoms with Crippen molar-refractivity contribution in [1.82, 2.24) is 5.43 Å². The fourth-order valence-corrected chi connectivity index (χ4v) is 2.09. The maximum Gasteiger partial charge on any atom is 0.252 e. The zero-order chi connectivity index (χ0) is 20.3. The van der Waals surface area contributed by atoms with Crippen molar-refractivity contribution in [3.63, 3.8) is 0 Å². The Hall–Kier alpha value is -0.950. The lowest BCUT2D eigenvalue weighted by Crippen LogP contribution is -2.41. The molecular formula is C19H24BrCl3N2O2. The number of hydrazine groups is 1. The van der Waals surface area contributed by atoms with Crippen LogP contribution in [0.4, 0.5) is 0 Å². The summed E-state index contributed by atoms with van der Waals surface area (Å²) in [5.74, 6) is 5.06. The minimum absolute atomic E-state index is 0. The topological polar surface area (TPSA) is 72.2 Å². The highest BCUT2D eigenvalue weighted by molar-refractivity contribution is 9.10. The van der Waals surface area contributed by atoms with E-state index in [9.17, 15) is 9.59 Å². The summed E-state index contributed by atoms with van der Waals surface area (Å²) in [5.41, 5.74) is 4.65. The van der Waals surface area contributed by atoms with Crippen LogP contribution in [0.2, 0.25) is 0 Å². The first kappa shape index (κ1) is 28.3. The van der Waals surface area contributed by atoms with Crippen LogP contribution in [0, 0.1) is 6.92 Å². The van der Waals surface area contributed by atoms with Gasteiger partial charge < -0.3 is 0 Å². The first-order valence-corrected chi connectivity index (χ1v) is 9.22. The minimum Gasteiger partial charge on any atom is -0.276 e. The number of nitrogens with two attached hydrogens (primary N) is 1. The van der Waals surface area contributed by atoms with E-state index in [1.54, 1.807) is 36.4 Å². The fraction of sp³-hybridized carbons (Fsp3) is 0.263. The van der Waals surface area contributed by atoms with Crippen molar-refractivity contribution in [3.8, 4) is 0 Å². The third-order valence-corrected chi connectivity index (χ3v) is 4.19. The molecule has 3 N–H and O–H groups in total. The standard InChI is InChI=1S/C8H6BrClO.C7H5ClO.C4H12N2.ClH/c1-5-6(8(10)11)3-2-4-7(5)9;8-7(9)6-4-2-1-3-5-6;1-4(2,3)6-5;/h2-4H,1H3;1-5H;6H,5H2,1-3H3;1H. The summed E-state index contributed by atoms with van der Waals surface area (Å²) in [6, 6.07) is 14.1. The monoisotopic (exact) mass is 496 g/mol. The van der Waals surface area contributed by atoms with Crippen LogP contribution < -0.4 is 11.3 Å². The van der Waals surface area contributed by atoms with Crippen LogP contribution >= 0.6 is 51.5 Å². The van der Waals surface area contributed by atoms with Crippen LogP contribution in [0.15, 0.2) is 53.0 Å². The second-order valence-electron chi connectivity index (χ2n) is 6.22. The smallest absolute Gasteiger partial charge is 0.252 e. The van der Waals surface area contributed by atoms with Crippen LogP contribution in [0.1, 0.15) is 47.1 Å². The van der Waals surface area contributed by atoms with Gasteiger partial charge in [0.1, 0.15) is 0 Å². The van der Waals surface area contributed by atoms with Crippen molar-refractivity contribution < 1.29 is 9.59 Å². The molecule has 0 saturated heterocycles. The zero-order valence-electron chi connectivity index (χ0n) is 15.6. The SMILES string of the molecule is CC(C)(C)NN.Cc1c(Br)cccc1C(=O)Cl.Cl.O=C(Cl)c1ccccc1. The molecule has 2 aromatic rings. The van der Waals surface area contributed by atoms with E-state index in [0.717, 1.165) is 10.0 Å². The molecule has 8 heteroatoms. The Balaban J connectivity index is 0. The number of hydrogen-bond acceptors (Lipinski definition) is 4. The number of hydrogen-bond donors (Lipinski definition) is 2. The van der Waals surface area contributed by atoms with Gasteiger partial charge in [-0.05, 0) is 68.6 Å². The second-order valence-corrected chi connectivity index (χ2v) is 7.76. The van der Waals surface area contributed by atoms with Gasteiger partial charge in [0.15, 0.2) is 0 Å². The molecule has 0 saturated carbocycles. The molecule has 27 heavy (non-hydrogen) atoms. The van der Waals surface area contributed by atoms with Crippen molar-refractivity contribution in [2.75, 3.05) is 0 Å². The predicted molar refractivity (Wildman–Crippen MR) is 120 cm³/mol. The molecule has 2 rings (SSSR count). The molecule has 0 heterocycles. The average Bonchev–Trinajstić information content (AvgIpc) is 2.58. The summed E-state index contributed by atoms with van der Waals surface area (Å²) in [6.07, 6.45) is 0. The van der Waals surface area contributed by atoms with Crippen LogP contribution in [0.25, 0.3) is 0 Å². The Kier molecular flexibility index (Phi) is 14.8. The molecule has 0 radical (unpaired) electrons. The van der Waals surface area contributed by atoms with Gasteiger partial charge >= 0.3 is 0 Å². The van der Waals surface area contributed by atoms with Gasteiger partial charge in [-0.15, -0.1) is 12.4 Å². The second kappa shape index (κ2) is 14.1. The van der Waals surface area contributed by atoms with Gasteiger partial charge in [-0.2, -0.15) is 0 Å². The van der Waals surface area contributed by atoms with Crippen molar-refractivity contribution in [3.05, 3.63) is 69.7 Å². The van der Waals surface area contributed by atoms with E-state index >= 15 is 0 Å². The number of benzene rings is 2. The summed E-state index contributed by atoms with van der Waals surface area (Å²) in [5, 5.41) is -0.820. The van der Waals surface area contributed by atoms with E-state index in [1.165, 1.54) is 0 Å². The van der Waals surface area contributed by atoms with Crippen LogP contribution in [0.3, 0.4) is 0 Å².